The second-order valence-electron chi connectivity index (χ2n) is 7.27. The number of nitrogens with zero attached hydrogens (tertiary/aromatic N) is 1. The molecular formula is C22H21F3N2O4. The quantitative estimate of drug-likeness (QED) is 0.624. The normalized spacial score (nSPS) is 13.7. The first-order valence-electron chi connectivity index (χ1n) is 9.38. The maximum Gasteiger partial charge on any atom is 0.416 e. The van der Waals surface area contributed by atoms with Gasteiger partial charge in [0, 0.05) is 5.56 Å². The number of hydrogen-bond acceptors (Lipinski definition) is 4. The van der Waals surface area contributed by atoms with Gasteiger partial charge in [-0.05, 0) is 37.1 Å². The van der Waals surface area contributed by atoms with Crippen molar-refractivity contribution in [3.8, 4) is 0 Å². The second-order valence-corrected chi connectivity index (χ2v) is 7.27. The van der Waals surface area contributed by atoms with Crippen LogP contribution in [0, 0.1) is 6.92 Å². The Kier molecular flexibility index (Phi) is 6.19. The van der Waals surface area contributed by atoms with E-state index in [4.69, 9.17) is 4.74 Å². The summed E-state index contributed by atoms with van der Waals surface area (Å²) >= 11 is 0. The Morgan fingerprint density at radius 1 is 1.03 bits per heavy atom. The Morgan fingerprint density at radius 3 is 2.32 bits per heavy atom. The van der Waals surface area contributed by atoms with Gasteiger partial charge in [0.1, 0.15) is 12.3 Å². The minimum atomic E-state index is -4.62. The predicted octanol–water partition coefficient (Wildman–Crippen LogP) is 3.29. The lowest BCUT2D eigenvalue weighted by Gasteiger charge is -2.29. The highest BCUT2D eigenvalue weighted by Crippen LogP contribution is 2.35. The molecule has 164 valence electrons. The van der Waals surface area contributed by atoms with Gasteiger partial charge in [0.15, 0.2) is 0 Å². The van der Waals surface area contributed by atoms with Crippen molar-refractivity contribution in [3.05, 3.63) is 103 Å². The molecule has 0 saturated heterocycles. The maximum absolute atomic E-state index is 13.2. The third-order valence-electron chi connectivity index (χ3n) is 4.98. The smallest absolute Gasteiger partial charge is 0.379 e. The molecule has 1 atom stereocenters. The summed E-state index contributed by atoms with van der Waals surface area (Å²) in [5, 5.41) is 11.2. The van der Waals surface area contributed by atoms with Crippen LogP contribution in [0.4, 0.5) is 13.2 Å². The first-order chi connectivity index (χ1) is 14.5. The van der Waals surface area contributed by atoms with E-state index in [2.05, 4.69) is 4.98 Å². The number of aliphatic hydroxyl groups is 1. The summed E-state index contributed by atoms with van der Waals surface area (Å²) in [5.41, 5.74) is -4.05. The van der Waals surface area contributed by atoms with Crippen molar-refractivity contribution >= 4 is 0 Å². The molecule has 0 aliphatic carbocycles. The molecule has 0 fully saturated rings. The minimum Gasteiger partial charge on any atom is -0.379 e. The molecule has 0 radical (unpaired) electrons. The van der Waals surface area contributed by atoms with E-state index in [1.165, 1.54) is 19.9 Å². The molecule has 3 aromatic rings. The van der Waals surface area contributed by atoms with Crippen molar-refractivity contribution in [2.24, 2.45) is 0 Å². The fourth-order valence-corrected chi connectivity index (χ4v) is 3.39. The van der Waals surface area contributed by atoms with Gasteiger partial charge in [-0.25, -0.2) is 4.79 Å². The fraction of sp³-hybridized carbons (Fsp3) is 0.273. The van der Waals surface area contributed by atoms with Crippen LogP contribution in [0.15, 0.2) is 64.2 Å². The molecule has 0 spiro atoms. The number of H-pyrrole nitrogens is 1. The van der Waals surface area contributed by atoms with Crippen LogP contribution in [0.25, 0.3) is 0 Å². The molecular weight excluding hydrogens is 413 g/mol. The third-order valence-corrected chi connectivity index (χ3v) is 4.98. The van der Waals surface area contributed by atoms with Crippen molar-refractivity contribution in [2.45, 2.75) is 39.0 Å². The van der Waals surface area contributed by atoms with Gasteiger partial charge in [-0.2, -0.15) is 13.2 Å². The van der Waals surface area contributed by atoms with Crippen LogP contribution in [0.5, 0.6) is 0 Å². The average Bonchev–Trinajstić information content (AvgIpc) is 2.72. The highest BCUT2D eigenvalue weighted by molar-refractivity contribution is 5.38. The lowest BCUT2D eigenvalue weighted by atomic mass is 9.88. The second kappa shape index (κ2) is 8.52. The Morgan fingerprint density at radius 2 is 1.68 bits per heavy atom. The SMILES string of the molecule is Cc1c(C(C)(O)c2cccc(C(F)(F)F)c2)n(COCc2ccccc2)c(=O)[nH]c1=O. The summed E-state index contributed by atoms with van der Waals surface area (Å²) in [6.45, 7) is 2.44. The molecule has 0 bridgehead atoms. The summed E-state index contributed by atoms with van der Waals surface area (Å²) in [7, 11) is 0. The van der Waals surface area contributed by atoms with Gasteiger partial charge in [-0.1, -0.05) is 42.5 Å². The molecule has 0 saturated carbocycles. The lowest BCUT2D eigenvalue weighted by Crippen LogP contribution is -2.41. The van der Waals surface area contributed by atoms with Gasteiger partial charge < -0.3 is 9.84 Å². The summed E-state index contributed by atoms with van der Waals surface area (Å²) in [4.78, 5) is 26.8. The topological polar surface area (TPSA) is 84.3 Å². The molecule has 31 heavy (non-hydrogen) atoms. The number of halogens is 3. The number of aromatic amines is 1. The van der Waals surface area contributed by atoms with Crippen LogP contribution >= 0.6 is 0 Å². The van der Waals surface area contributed by atoms with Gasteiger partial charge in [0.2, 0.25) is 0 Å². The van der Waals surface area contributed by atoms with Gasteiger partial charge in [0.05, 0.1) is 17.9 Å². The van der Waals surface area contributed by atoms with Crippen LogP contribution in [-0.4, -0.2) is 14.7 Å². The number of nitrogens with one attached hydrogen (secondary N) is 1. The number of benzene rings is 2. The number of alkyl halides is 3. The van der Waals surface area contributed by atoms with Crippen LogP contribution in [-0.2, 0) is 29.9 Å². The first kappa shape index (κ1) is 22.5. The summed E-state index contributed by atoms with van der Waals surface area (Å²) in [6.07, 6.45) is -4.62. The van der Waals surface area contributed by atoms with E-state index >= 15 is 0 Å². The standard InChI is InChI=1S/C22H21F3N2O4/c1-14-18(21(2,30)16-9-6-10-17(11-16)22(23,24)25)27(20(29)26-19(14)28)13-31-12-15-7-4-3-5-8-15/h3-11,30H,12-13H2,1-2H3,(H,26,28,29). The van der Waals surface area contributed by atoms with Crippen LogP contribution in [0.2, 0.25) is 0 Å². The molecule has 0 amide bonds. The van der Waals surface area contributed by atoms with Gasteiger partial charge in [-0.15, -0.1) is 0 Å². The Bertz CT molecular complexity index is 1180. The Hall–Kier alpha value is -3.17. The van der Waals surface area contributed by atoms with Crippen molar-refractivity contribution in [1.82, 2.24) is 9.55 Å². The first-order valence-corrected chi connectivity index (χ1v) is 9.38. The summed E-state index contributed by atoms with van der Waals surface area (Å²) in [5.74, 6) is 0. The van der Waals surface area contributed by atoms with Crippen molar-refractivity contribution in [3.63, 3.8) is 0 Å². The fourth-order valence-electron chi connectivity index (χ4n) is 3.39. The number of ether oxygens (including phenoxy) is 1. The van der Waals surface area contributed by atoms with Crippen LogP contribution in [0.1, 0.15) is 34.9 Å². The van der Waals surface area contributed by atoms with Crippen LogP contribution < -0.4 is 11.2 Å². The molecule has 2 N–H and O–H groups in total. The Balaban J connectivity index is 2.05. The largest absolute Gasteiger partial charge is 0.416 e. The van der Waals surface area contributed by atoms with E-state index in [0.29, 0.717) is 0 Å². The maximum atomic E-state index is 13.2. The minimum absolute atomic E-state index is 0.00896. The molecule has 9 heteroatoms. The average molecular weight is 434 g/mol. The van der Waals surface area contributed by atoms with Crippen molar-refractivity contribution < 1.29 is 23.0 Å². The van der Waals surface area contributed by atoms with E-state index in [0.717, 1.165) is 28.3 Å². The monoisotopic (exact) mass is 434 g/mol. The molecule has 2 aromatic carbocycles. The Labute approximate surface area is 175 Å². The lowest BCUT2D eigenvalue weighted by molar-refractivity contribution is -0.137. The molecule has 6 nitrogen and oxygen atoms in total. The number of rotatable bonds is 6. The summed E-state index contributed by atoms with van der Waals surface area (Å²) < 4.78 is 46.1. The molecule has 0 aliphatic rings. The highest BCUT2D eigenvalue weighted by atomic mass is 19.4. The number of aromatic nitrogens is 2. The zero-order valence-electron chi connectivity index (χ0n) is 16.9. The van der Waals surface area contributed by atoms with E-state index in [-0.39, 0.29) is 30.2 Å². The van der Waals surface area contributed by atoms with Crippen LogP contribution in [0.3, 0.4) is 0 Å². The van der Waals surface area contributed by atoms with E-state index < -0.39 is 28.6 Å². The molecule has 1 unspecified atom stereocenters. The van der Waals surface area contributed by atoms with E-state index in [1.807, 2.05) is 30.3 Å². The van der Waals surface area contributed by atoms with Crippen molar-refractivity contribution in [2.75, 3.05) is 0 Å². The molecule has 0 aliphatic heterocycles. The number of hydrogen-bond donors (Lipinski definition) is 2. The zero-order valence-corrected chi connectivity index (χ0v) is 16.9. The molecule has 1 aromatic heterocycles. The highest BCUT2D eigenvalue weighted by Gasteiger charge is 2.36. The molecule has 3 rings (SSSR count). The van der Waals surface area contributed by atoms with Gasteiger partial charge >= 0.3 is 11.9 Å². The van der Waals surface area contributed by atoms with E-state index in [9.17, 15) is 27.9 Å². The van der Waals surface area contributed by atoms with E-state index in [1.54, 1.807) is 0 Å². The summed E-state index contributed by atoms with van der Waals surface area (Å²) in [6, 6.07) is 13.2. The third kappa shape index (κ3) is 4.78. The predicted molar refractivity (Wildman–Crippen MR) is 107 cm³/mol. The van der Waals surface area contributed by atoms with Gasteiger partial charge in [0.25, 0.3) is 5.56 Å². The molecule has 1 heterocycles. The van der Waals surface area contributed by atoms with Crippen molar-refractivity contribution in [1.29, 1.82) is 0 Å². The van der Waals surface area contributed by atoms with Gasteiger partial charge in [-0.3, -0.25) is 14.3 Å². The zero-order chi connectivity index (χ0) is 22.8.